The molecule has 0 aliphatic carbocycles. The van der Waals surface area contributed by atoms with E-state index in [0.29, 0.717) is 6.54 Å². The Bertz CT molecular complexity index is 1080. The number of benzene rings is 3. The van der Waals surface area contributed by atoms with Gasteiger partial charge in [0.05, 0.1) is 5.56 Å². The molecule has 2 nitrogen and oxygen atoms in total. The van der Waals surface area contributed by atoms with Crippen molar-refractivity contribution >= 4 is 16.6 Å². The van der Waals surface area contributed by atoms with Crippen molar-refractivity contribution < 1.29 is 13.2 Å². The van der Waals surface area contributed by atoms with Gasteiger partial charge < -0.3 is 10.3 Å². The number of halogens is 3. The summed E-state index contributed by atoms with van der Waals surface area (Å²) in [6.07, 6.45) is -2.29. The molecule has 0 aliphatic rings. The third-order valence-corrected chi connectivity index (χ3v) is 4.65. The SMILES string of the molecule is Nc1ccc2c(ccn2Cc2ccc(-c3ccc(C(F)(F)F)cc3)cc2)c1. The average molecular weight is 366 g/mol. The summed E-state index contributed by atoms with van der Waals surface area (Å²) in [7, 11) is 0. The van der Waals surface area contributed by atoms with Gasteiger partial charge in [0.15, 0.2) is 0 Å². The Labute approximate surface area is 154 Å². The molecular formula is C22H17F3N2. The van der Waals surface area contributed by atoms with Gasteiger partial charge in [-0.25, -0.2) is 0 Å². The average Bonchev–Trinajstić information content (AvgIpc) is 3.03. The summed E-state index contributed by atoms with van der Waals surface area (Å²) in [6.45, 7) is 0.709. The minimum absolute atomic E-state index is 0.636. The van der Waals surface area contributed by atoms with Crippen LogP contribution in [0.25, 0.3) is 22.0 Å². The standard InChI is InChI=1S/C22H17F3N2/c23-22(24,25)19-7-5-17(6-8-19)16-3-1-15(2-4-16)14-27-12-11-18-13-20(26)9-10-21(18)27/h1-13H,14,26H2. The predicted molar refractivity (Wildman–Crippen MR) is 102 cm³/mol. The molecule has 0 fully saturated rings. The van der Waals surface area contributed by atoms with Gasteiger partial charge in [-0.2, -0.15) is 13.2 Å². The maximum Gasteiger partial charge on any atom is 0.416 e. The second kappa shape index (κ2) is 6.50. The molecule has 1 aromatic heterocycles. The minimum atomic E-state index is -4.31. The Morgan fingerprint density at radius 3 is 2.04 bits per heavy atom. The molecule has 4 rings (SSSR count). The van der Waals surface area contributed by atoms with Crippen LogP contribution in [0.4, 0.5) is 18.9 Å². The molecular weight excluding hydrogens is 349 g/mol. The molecule has 0 radical (unpaired) electrons. The highest BCUT2D eigenvalue weighted by Gasteiger charge is 2.29. The first-order valence-corrected chi connectivity index (χ1v) is 8.51. The lowest BCUT2D eigenvalue weighted by Crippen LogP contribution is -2.04. The Morgan fingerprint density at radius 1 is 0.778 bits per heavy atom. The van der Waals surface area contributed by atoms with Gasteiger partial charge in [-0.05, 0) is 53.1 Å². The van der Waals surface area contributed by atoms with Gasteiger partial charge in [-0.15, -0.1) is 0 Å². The Hall–Kier alpha value is -3.21. The van der Waals surface area contributed by atoms with E-state index in [2.05, 4.69) is 4.57 Å². The molecule has 2 N–H and O–H groups in total. The van der Waals surface area contributed by atoms with Crippen LogP contribution in [0.15, 0.2) is 79.0 Å². The van der Waals surface area contributed by atoms with Gasteiger partial charge in [0.25, 0.3) is 0 Å². The molecule has 5 heteroatoms. The zero-order chi connectivity index (χ0) is 19.0. The minimum Gasteiger partial charge on any atom is -0.399 e. The van der Waals surface area contributed by atoms with Crippen LogP contribution in [-0.2, 0) is 12.7 Å². The van der Waals surface area contributed by atoms with Crippen LogP contribution in [0.1, 0.15) is 11.1 Å². The van der Waals surface area contributed by atoms with Crippen LogP contribution in [0, 0.1) is 0 Å². The summed E-state index contributed by atoms with van der Waals surface area (Å²) in [5, 5.41) is 1.09. The number of aromatic nitrogens is 1. The summed E-state index contributed by atoms with van der Waals surface area (Å²) in [4.78, 5) is 0. The van der Waals surface area contributed by atoms with Crippen molar-refractivity contribution in [1.82, 2.24) is 4.57 Å². The van der Waals surface area contributed by atoms with Gasteiger partial charge in [0.1, 0.15) is 0 Å². The Kier molecular flexibility index (Phi) is 4.15. The zero-order valence-electron chi connectivity index (χ0n) is 14.4. The van der Waals surface area contributed by atoms with Gasteiger partial charge in [0.2, 0.25) is 0 Å². The molecule has 0 aliphatic heterocycles. The van der Waals surface area contributed by atoms with Crippen LogP contribution in [0.2, 0.25) is 0 Å². The number of fused-ring (bicyclic) bond motifs is 1. The summed E-state index contributed by atoms with van der Waals surface area (Å²) < 4.78 is 40.2. The number of hydrogen-bond acceptors (Lipinski definition) is 1. The molecule has 4 aromatic rings. The van der Waals surface area contributed by atoms with Gasteiger partial charge in [0, 0.05) is 29.3 Å². The van der Waals surface area contributed by atoms with Crippen molar-refractivity contribution in [1.29, 1.82) is 0 Å². The largest absolute Gasteiger partial charge is 0.416 e. The second-order valence-corrected chi connectivity index (χ2v) is 6.53. The smallest absolute Gasteiger partial charge is 0.399 e. The maximum atomic E-state index is 12.7. The van der Waals surface area contributed by atoms with Gasteiger partial charge >= 0.3 is 6.18 Å². The van der Waals surface area contributed by atoms with Crippen LogP contribution < -0.4 is 5.73 Å². The third-order valence-electron chi connectivity index (χ3n) is 4.65. The fourth-order valence-corrected chi connectivity index (χ4v) is 3.21. The number of nitrogens with two attached hydrogens (primary N) is 1. The number of rotatable bonds is 3. The molecule has 0 bridgehead atoms. The van der Waals surface area contributed by atoms with Crippen LogP contribution >= 0.6 is 0 Å². The lowest BCUT2D eigenvalue weighted by molar-refractivity contribution is -0.137. The topological polar surface area (TPSA) is 30.9 Å². The predicted octanol–water partition coefficient (Wildman–Crippen LogP) is 5.96. The number of alkyl halides is 3. The van der Waals surface area contributed by atoms with E-state index in [-0.39, 0.29) is 0 Å². The van der Waals surface area contributed by atoms with Gasteiger partial charge in [-0.1, -0.05) is 36.4 Å². The summed E-state index contributed by atoms with van der Waals surface area (Å²) in [6, 6.07) is 20.9. The van der Waals surface area contributed by atoms with Crippen molar-refractivity contribution in [3.05, 3.63) is 90.1 Å². The normalized spacial score (nSPS) is 11.8. The fourth-order valence-electron chi connectivity index (χ4n) is 3.21. The van der Waals surface area contributed by atoms with Crippen molar-refractivity contribution in [2.75, 3.05) is 5.73 Å². The molecule has 0 atom stereocenters. The molecule has 1 heterocycles. The molecule has 0 saturated carbocycles. The first kappa shape index (κ1) is 17.2. The van der Waals surface area contributed by atoms with Crippen LogP contribution in [-0.4, -0.2) is 4.57 Å². The van der Waals surface area contributed by atoms with E-state index in [4.69, 9.17) is 5.73 Å². The lowest BCUT2D eigenvalue weighted by atomic mass is 10.0. The first-order chi connectivity index (χ1) is 12.9. The molecule has 0 saturated heterocycles. The Morgan fingerprint density at radius 2 is 1.41 bits per heavy atom. The second-order valence-electron chi connectivity index (χ2n) is 6.53. The molecule has 0 spiro atoms. The number of hydrogen-bond donors (Lipinski definition) is 1. The van der Waals surface area contributed by atoms with Crippen molar-refractivity contribution in [3.8, 4) is 11.1 Å². The van der Waals surface area contributed by atoms with E-state index in [1.807, 2.05) is 54.7 Å². The summed E-state index contributed by atoms with van der Waals surface area (Å²) in [5.74, 6) is 0. The number of nitrogen functional groups attached to an aromatic ring is 1. The molecule has 136 valence electrons. The maximum absolute atomic E-state index is 12.7. The first-order valence-electron chi connectivity index (χ1n) is 8.51. The van der Waals surface area contributed by atoms with Crippen molar-refractivity contribution in [2.45, 2.75) is 12.7 Å². The Balaban J connectivity index is 1.55. The summed E-state index contributed by atoms with van der Waals surface area (Å²) >= 11 is 0. The van der Waals surface area contributed by atoms with Crippen molar-refractivity contribution in [2.24, 2.45) is 0 Å². The van der Waals surface area contributed by atoms with Crippen molar-refractivity contribution in [3.63, 3.8) is 0 Å². The molecule has 0 amide bonds. The van der Waals surface area contributed by atoms with E-state index >= 15 is 0 Å². The fraction of sp³-hybridized carbons (Fsp3) is 0.0909. The highest BCUT2D eigenvalue weighted by Crippen LogP contribution is 2.31. The number of nitrogens with zero attached hydrogens (tertiary/aromatic N) is 1. The third kappa shape index (κ3) is 3.53. The van der Waals surface area contributed by atoms with E-state index < -0.39 is 11.7 Å². The zero-order valence-corrected chi connectivity index (χ0v) is 14.4. The van der Waals surface area contributed by atoms with E-state index in [1.54, 1.807) is 0 Å². The van der Waals surface area contributed by atoms with Gasteiger partial charge in [-0.3, -0.25) is 0 Å². The monoisotopic (exact) mass is 366 g/mol. The molecule has 3 aromatic carbocycles. The van der Waals surface area contributed by atoms with Crippen LogP contribution in [0.3, 0.4) is 0 Å². The van der Waals surface area contributed by atoms with Crippen LogP contribution in [0.5, 0.6) is 0 Å². The highest BCUT2D eigenvalue weighted by molar-refractivity contribution is 5.83. The lowest BCUT2D eigenvalue weighted by Gasteiger charge is -2.09. The number of anilines is 1. The van der Waals surface area contributed by atoms with E-state index in [0.717, 1.165) is 45.4 Å². The molecule has 0 unspecified atom stereocenters. The molecule has 27 heavy (non-hydrogen) atoms. The van der Waals surface area contributed by atoms with E-state index in [1.165, 1.54) is 12.1 Å². The highest BCUT2D eigenvalue weighted by atomic mass is 19.4. The van der Waals surface area contributed by atoms with E-state index in [9.17, 15) is 13.2 Å². The summed E-state index contributed by atoms with van der Waals surface area (Å²) in [5.41, 5.74) is 9.79. The quantitative estimate of drug-likeness (QED) is 0.446.